The molecule has 104 valence electrons. The zero-order valence-corrected chi connectivity index (χ0v) is 10.8. The first-order valence-corrected chi connectivity index (χ1v) is 5.34. The molecular weight excluding hydrogens is 303 g/mol. The SMILES string of the molecule is C=C(C(=O)OC(=O)C(=C)C(Cl)C(=O)O)C(Cl)C(=O)O. The Hall–Kier alpha value is -1.86. The van der Waals surface area contributed by atoms with Crippen molar-refractivity contribution in [2.45, 2.75) is 10.8 Å². The van der Waals surface area contributed by atoms with E-state index in [9.17, 15) is 19.2 Å². The monoisotopic (exact) mass is 310 g/mol. The van der Waals surface area contributed by atoms with E-state index in [-0.39, 0.29) is 0 Å². The highest BCUT2D eigenvalue weighted by Gasteiger charge is 2.30. The molecule has 0 radical (unpaired) electrons. The number of carboxylic acids is 2. The van der Waals surface area contributed by atoms with Crippen LogP contribution in [0.2, 0.25) is 0 Å². The summed E-state index contributed by atoms with van der Waals surface area (Å²) in [7, 11) is 0. The summed E-state index contributed by atoms with van der Waals surface area (Å²) in [6.07, 6.45) is 0. The molecule has 0 heterocycles. The fraction of sp³-hybridized carbons (Fsp3) is 0.200. The Balaban J connectivity index is 4.71. The number of esters is 2. The van der Waals surface area contributed by atoms with Gasteiger partial charge in [0.05, 0.1) is 11.1 Å². The second-order valence-corrected chi connectivity index (χ2v) is 4.00. The Labute approximate surface area is 117 Å². The molecule has 0 spiro atoms. The van der Waals surface area contributed by atoms with Crippen molar-refractivity contribution < 1.29 is 34.1 Å². The van der Waals surface area contributed by atoms with Gasteiger partial charge in [-0.05, 0) is 0 Å². The molecular formula is C10H8Cl2O7. The molecule has 0 rings (SSSR count). The lowest BCUT2D eigenvalue weighted by Gasteiger charge is -2.09. The number of halogens is 2. The van der Waals surface area contributed by atoms with Crippen LogP contribution in [0.25, 0.3) is 0 Å². The van der Waals surface area contributed by atoms with E-state index in [4.69, 9.17) is 33.4 Å². The standard InChI is InChI=1S/C10H8Cl2O7/c1-3(5(11)7(13)14)9(17)19-10(18)4(2)6(12)8(15)16/h5-6H,1-2H2,(H,13,14)(H,15,16). The number of alkyl halides is 2. The number of carboxylic acid groups (broad SMARTS) is 2. The second-order valence-electron chi connectivity index (χ2n) is 3.13. The van der Waals surface area contributed by atoms with Crippen LogP contribution in [0.1, 0.15) is 0 Å². The highest BCUT2D eigenvalue weighted by atomic mass is 35.5. The molecule has 0 bridgehead atoms. The average Bonchev–Trinajstić information content (AvgIpc) is 2.34. The van der Waals surface area contributed by atoms with Crippen molar-refractivity contribution >= 4 is 47.1 Å². The molecule has 0 aromatic carbocycles. The highest BCUT2D eigenvalue weighted by Crippen LogP contribution is 2.14. The van der Waals surface area contributed by atoms with Crippen LogP contribution in [-0.2, 0) is 23.9 Å². The van der Waals surface area contributed by atoms with E-state index in [2.05, 4.69) is 17.9 Å². The van der Waals surface area contributed by atoms with E-state index in [1.54, 1.807) is 0 Å². The van der Waals surface area contributed by atoms with Crippen LogP contribution >= 0.6 is 23.2 Å². The summed E-state index contributed by atoms with van der Waals surface area (Å²) in [6.45, 7) is 6.10. The van der Waals surface area contributed by atoms with Gasteiger partial charge in [0.1, 0.15) is 0 Å². The summed E-state index contributed by atoms with van der Waals surface area (Å²) in [5.74, 6) is -5.95. The van der Waals surface area contributed by atoms with Crippen LogP contribution in [0.15, 0.2) is 24.3 Å². The molecule has 0 fully saturated rings. The third-order valence-electron chi connectivity index (χ3n) is 1.76. The number of hydrogen-bond donors (Lipinski definition) is 2. The van der Waals surface area contributed by atoms with Gasteiger partial charge in [0.15, 0.2) is 10.8 Å². The van der Waals surface area contributed by atoms with Crippen molar-refractivity contribution in [3.8, 4) is 0 Å². The molecule has 0 aromatic heterocycles. The smallest absolute Gasteiger partial charge is 0.343 e. The predicted octanol–water partition coefficient (Wildman–Crippen LogP) is 0.553. The summed E-state index contributed by atoms with van der Waals surface area (Å²) >= 11 is 10.6. The van der Waals surface area contributed by atoms with E-state index < -0.39 is 45.8 Å². The van der Waals surface area contributed by atoms with Crippen molar-refractivity contribution in [1.82, 2.24) is 0 Å². The number of ether oxygens (including phenoxy) is 1. The minimum Gasteiger partial charge on any atom is -0.480 e. The zero-order valence-electron chi connectivity index (χ0n) is 9.26. The van der Waals surface area contributed by atoms with Gasteiger partial charge in [-0.1, -0.05) is 13.2 Å². The van der Waals surface area contributed by atoms with Gasteiger partial charge >= 0.3 is 23.9 Å². The quantitative estimate of drug-likeness (QED) is 0.318. The van der Waals surface area contributed by atoms with Gasteiger partial charge in [0, 0.05) is 0 Å². The van der Waals surface area contributed by atoms with E-state index >= 15 is 0 Å². The topological polar surface area (TPSA) is 118 Å². The van der Waals surface area contributed by atoms with Crippen molar-refractivity contribution in [2.24, 2.45) is 0 Å². The van der Waals surface area contributed by atoms with Gasteiger partial charge in [-0.2, -0.15) is 0 Å². The van der Waals surface area contributed by atoms with Gasteiger partial charge in [-0.25, -0.2) is 9.59 Å². The zero-order chi connectivity index (χ0) is 15.3. The van der Waals surface area contributed by atoms with Crippen molar-refractivity contribution in [1.29, 1.82) is 0 Å². The molecule has 0 aliphatic heterocycles. The Morgan fingerprint density at radius 2 is 1.11 bits per heavy atom. The lowest BCUT2D eigenvalue weighted by atomic mass is 10.2. The molecule has 0 amide bonds. The molecule has 19 heavy (non-hydrogen) atoms. The van der Waals surface area contributed by atoms with Gasteiger partial charge in [0.2, 0.25) is 0 Å². The van der Waals surface area contributed by atoms with Crippen LogP contribution in [0.3, 0.4) is 0 Å². The van der Waals surface area contributed by atoms with Crippen molar-refractivity contribution in [3.63, 3.8) is 0 Å². The molecule has 0 saturated heterocycles. The van der Waals surface area contributed by atoms with Gasteiger partial charge in [0.25, 0.3) is 0 Å². The largest absolute Gasteiger partial charge is 0.480 e. The third-order valence-corrected chi connectivity index (χ3v) is 2.66. The second kappa shape index (κ2) is 6.91. The molecule has 9 heteroatoms. The predicted molar refractivity (Wildman–Crippen MR) is 63.9 cm³/mol. The molecule has 2 N–H and O–H groups in total. The normalized spacial score (nSPS) is 12.9. The first kappa shape index (κ1) is 17.1. The van der Waals surface area contributed by atoms with Crippen LogP contribution in [0.4, 0.5) is 0 Å². The minimum absolute atomic E-state index is 0.697. The lowest BCUT2D eigenvalue weighted by Crippen LogP contribution is -2.28. The average molecular weight is 311 g/mol. The van der Waals surface area contributed by atoms with Gasteiger partial charge in [-0.15, -0.1) is 23.2 Å². The summed E-state index contributed by atoms with van der Waals surface area (Å²) in [4.78, 5) is 43.5. The number of rotatable bonds is 6. The Morgan fingerprint density at radius 1 is 0.842 bits per heavy atom. The Morgan fingerprint density at radius 3 is 1.32 bits per heavy atom. The van der Waals surface area contributed by atoms with Crippen molar-refractivity contribution in [2.75, 3.05) is 0 Å². The minimum atomic E-state index is -1.78. The summed E-state index contributed by atoms with van der Waals surface area (Å²) < 4.78 is 4.14. The highest BCUT2D eigenvalue weighted by molar-refractivity contribution is 6.35. The maximum Gasteiger partial charge on any atom is 0.343 e. The summed E-state index contributed by atoms with van der Waals surface area (Å²) in [6, 6.07) is 0. The third kappa shape index (κ3) is 4.72. The first-order chi connectivity index (χ1) is 8.59. The summed E-state index contributed by atoms with van der Waals surface area (Å²) in [5.41, 5.74) is -1.39. The fourth-order valence-corrected chi connectivity index (χ4v) is 0.898. The summed E-state index contributed by atoms with van der Waals surface area (Å²) in [5, 5.41) is 13.5. The van der Waals surface area contributed by atoms with Crippen molar-refractivity contribution in [3.05, 3.63) is 24.3 Å². The fourth-order valence-electron chi connectivity index (χ4n) is 0.720. The molecule has 0 aliphatic carbocycles. The van der Waals surface area contributed by atoms with Crippen LogP contribution in [-0.4, -0.2) is 44.8 Å². The maximum absolute atomic E-state index is 11.3. The van der Waals surface area contributed by atoms with Crippen LogP contribution in [0, 0.1) is 0 Å². The Bertz CT molecular complexity index is 426. The van der Waals surface area contributed by atoms with E-state index in [0.29, 0.717) is 0 Å². The number of carbonyl (C=O) groups is 4. The molecule has 0 aliphatic rings. The van der Waals surface area contributed by atoms with Gasteiger partial charge < -0.3 is 14.9 Å². The molecule has 2 atom stereocenters. The molecule has 0 saturated carbocycles. The molecule has 2 unspecified atom stereocenters. The van der Waals surface area contributed by atoms with E-state index in [0.717, 1.165) is 0 Å². The first-order valence-electron chi connectivity index (χ1n) is 4.47. The molecule has 0 aromatic rings. The lowest BCUT2D eigenvalue weighted by molar-refractivity contribution is -0.155. The molecule has 7 nitrogen and oxygen atoms in total. The van der Waals surface area contributed by atoms with Gasteiger partial charge in [-0.3, -0.25) is 9.59 Å². The van der Waals surface area contributed by atoms with Crippen LogP contribution < -0.4 is 0 Å². The van der Waals surface area contributed by atoms with E-state index in [1.165, 1.54) is 0 Å². The van der Waals surface area contributed by atoms with E-state index in [1.807, 2.05) is 0 Å². The Kier molecular flexibility index (Phi) is 6.23. The number of hydrogen-bond acceptors (Lipinski definition) is 5. The number of aliphatic carboxylic acids is 2. The number of carbonyl (C=O) groups excluding carboxylic acids is 2. The maximum atomic E-state index is 11.3. The van der Waals surface area contributed by atoms with Crippen LogP contribution in [0.5, 0.6) is 0 Å².